The zero-order valence-electron chi connectivity index (χ0n) is 6.94. The van der Waals surface area contributed by atoms with Gasteiger partial charge in [-0.25, -0.2) is 0 Å². The summed E-state index contributed by atoms with van der Waals surface area (Å²) in [6, 6.07) is 3.99. The summed E-state index contributed by atoms with van der Waals surface area (Å²) in [5.74, 6) is 0.324. The average molecular weight is 307 g/mol. The number of rotatable bonds is 0. The molecule has 0 amide bonds. The van der Waals surface area contributed by atoms with Crippen molar-refractivity contribution in [3.05, 3.63) is 31.9 Å². The highest BCUT2D eigenvalue weighted by Gasteiger charge is 2.18. The van der Waals surface area contributed by atoms with Crippen molar-refractivity contribution in [1.29, 1.82) is 0 Å². The Morgan fingerprint density at radius 3 is 2.85 bits per heavy atom. The third kappa shape index (κ3) is 1.74. The topological polar surface area (TPSA) is 17.1 Å². The van der Waals surface area contributed by atoms with Crippen LogP contribution in [0.2, 0.25) is 5.02 Å². The lowest BCUT2D eigenvalue weighted by molar-refractivity contribution is -0.118. The first-order valence-corrected chi connectivity index (χ1v) is 5.61. The van der Waals surface area contributed by atoms with Gasteiger partial charge in [-0.3, -0.25) is 4.79 Å². The summed E-state index contributed by atoms with van der Waals surface area (Å²) >= 11 is 8.36. The minimum atomic E-state index is 0.324. The summed E-state index contributed by atoms with van der Waals surface area (Å²) in [6.07, 6.45) is 2.02. The van der Waals surface area contributed by atoms with Gasteiger partial charge in [-0.1, -0.05) is 17.7 Å². The van der Waals surface area contributed by atoms with Gasteiger partial charge in [-0.05, 0) is 46.2 Å². The van der Waals surface area contributed by atoms with Crippen molar-refractivity contribution in [1.82, 2.24) is 0 Å². The molecule has 0 fully saturated rings. The number of Topliss-reactive ketones (excluding diaryl/α,β-unsaturated/α-hetero) is 1. The van der Waals surface area contributed by atoms with Crippen molar-refractivity contribution in [2.45, 2.75) is 19.3 Å². The smallest absolute Gasteiger partial charge is 0.137 e. The minimum Gasteiger partial charge on any atom is -0.299 e. The van der Waals surface area contributed by atoms with E-state index in [-0.39, 0.29) is 0 Å². The van der Waals surface area contributed by atoms with Gasteiger partial charge in [0.2, 0.25) is 0 Å². The second-order valence-corrected chi connectivity index (χ2v) is 4.75. The fourth-order valence-electron chi connectivity index (χ4n) is 1.63. The van der Waals surface area contributed by atoms with Gasteiger partial charge in [0, 0.05) is 16.4 Å². The lowest BCUT2D eigenvalue weighted by Gasteiger charge is -2.16. The predicted octanol–water partition coefficient (Wildman–Crippen LogP) is 3.00. The Bertz CT molecular complexity index is 373. The fraction of sp³-hybridized carbons (Fsp3) is 0.300. The number of hydrogen-bond acceptors (Lipinski definition) is 1. The average Bonchev–Trinajstić information content (AvgIpc) is 2.12. The summed E-state index contributed by atoms with van der Waals surface area (Å²) in [6.45, 7) is 0. The molecule has 0 saturated heterocycles. The third-order valence-corrected chi connectivity index (χ3v) is 3.98. The fourth-order valence-corrected chi connectivity index (χ4v) is 2.42. The van der Waals surface area contributed by atoms with Crippen LogP contribution in [0.3, 0.4) is 0 Å². The molecule has 0 aromatic heterocycles. The van der Waals surface area contributed by atoms with Gasteiger partial charge in [-0.2, -0.15) is 0 Å². The standard InChI is InChI=1S/C10H8ClIO/c11-10-8-3-2-7(13)5-6(8)1-4-9(10)12/h1,4H,2-3,5H2. The Morgan fingerprint density at radius 2 is 2.08 bits per heavy atom. The maximum atomic E-state index is 11.2. The molecule has 1 aromatic rings. The van der Waals surface area contributed by atoms with Crippen molar-refractivity contribution in [3.63, 3.8) is 0 Å². The summed E-state index contributed by atoms with van der Waals surface area (Å²) < 4.78 is 1.08. The number of carbonyl (C=O) groups excluding carboxylic acids is 1. The van der Waals surface area contributed by atoms with E-state index in [4.69, 9.17) is 11.6 Å². The largest absolute Gasteiger partial charge is 0.299 e. The molecule has 0 atom stereocenters. The van der Waals surface area contributed by atoms with Crippen molar-refractivity contribution in [3.8, 4) is 0 Å². The van der Waals surface area contributed by atoms with E-state index in [2.05, 4.69) is 22.6 Å². The number of fused-ring (bicyclic) bond motifs is 1. The maximum Gasteiger partial charge on any atom is 0.137 e. The van der Waals surface area contributed by atoms with Gasteiger partial charge in [0.1, 0.15) is 5.78 Å². The Labute approximate surface area is 95.6 Å². The van der Waals surface area contributed by atoms with Crippen LogP contribution in [0, 0.1) is 3.57 Å². The maximum absolute atomic E-state index is 11.2. The molecular formula is C10H8ClIO. The monoisotopic (exact) mass is 306 g/mol. The Kier molecular flexibility index (Phi) is 2.60. The first-order valence-electron chi connectivity index (χ1n) is 4.16. The summed E-state index contributed by atoms with van der Waals surface area (Å²) in [5.41, 5.74) is 2.29. The van der Waals surface area contributed by atoms with E-state index in [1.54, 1.807) is 0 Å². The normalized spacial score (nSPS) is 15.7. The van der Waals surface area contributed by atoms with E-state index in [1.807, 2.05) is 12.1 Å². The van der Waals surface area contributed by atoms with Gasteiger partial charge in [0.25, 0.3) is 0 Å². The second-order valence-electron chi connectivity index (χ2n) is 3.21. The first kappa shape index (κ1) is 9.46. The van der Waals surface area contributed by atoms with Gasteiger partial charge >= 0.3 is 0 Å². The van der Waals surface area contributed by atoms with Crippen LogP contribution in [0.4, 0.5) is 0 Å². The van der Waals surface area contributed by atoms with Crippen LogP contribution in [0.1, 0.15) is 17.5 Å². The van der Waals surface area contributed by atoms with Crippen LogP contribution < -0.4 is 0 Å². The molecule has 2 rings (SSSR count). The third-order valence-electron chi connectivity index (χ3n) is 2.33. The van der Waals surface area contributed by atoms with Crippen LogP contribution >= 0.6 is 34.2 Å². The summed E-state index contributed by atoms with van der Waals surface area (Å²) in [5, 5.41) is 0.839. The van der Waals surface area contributed by atoms with Crippen LogP contribution in [0.15, 0.2) is 12.1 Å². The zero-order chi connectivity index (χ0) is 9.42. The van der Waals surface area contributed by atoms with Crippen LogP contribution in [-0.4, -0.2) is 5.78 Å². The molecule has 1 aliphatic carbocycles. The van der Waals surface area contributed by atoms with Crippen molar-refractivity contribution in [2.75, 3.05) is 0 Å². The molecule has 1 aromatic carbocycles. The van der Waals surface area contributed by atoms with Crippen molar-refractivity contribution in [2.24, 2.45) is 0 Å². The van der Waals surface area contributed by atoms with Crippen LogP contribution in [0.5, 0.6) is 0 Å². The lowest BCUT2D eigenvalue weighted by Crippen LogP contribution is -2.13. The molecule has 1 nitrogen and oxygen atoms in total. The molecule has 0 heterocycles. The van der Waals surface area contributed by atoms with Crippen LogP contribution in [0.25, 0.3) is 0 Å². The summed E-state index contributed by atoms with van der Waals surface area (Å²) in [7, 11) is 0. The lowest BCUT2D eigenvalue weighted by atomic mass is 9.91. The van der Waals surface area contributed by atoms with E-state index >= 15 is 0 Å². The molecule has 3 heteroatoms. The van der Waals surface area contributed by atoms with Gasteiger partial charge in [-0.15, -0.1) is 0 Å². The van der Waals surface area contributed by atoms with Gasteiger partial charge in [0.15, 0.2) is 0 Å². The molecule has 0 aliphatic heterocycles. The quantitative estimate of drug-likeness (QED) is 0.674. The molecule has 1 aliphatic rings. The molecule has 0 unspecified atom stereocenters. The molecule has 0 radical (unpaired) electrons. The number of ketones is 1. The highest BCUT2D eigenvalue weighted by Crippen LogP contribution is 2.30. The number of benzene rings is 1. The SMILES string of the molecule is O=C1CCc2c(ccc(I)c2Cl)C1. The molecule has 68 valence electrons. The highest BCUT2D eigenvalue weighted by atomic mass is 127. The Hall–Kier alpha value is -0.0900. The van der Waals surface area contributed by atoms with Gasteiger partial charge in [0.05, 0.1) is 5.02 Å². The van der Waals surface area contributed by atoms with E-state index < -0.39 is 0 Å². The number of carbonyl (C=O) groups is 1. The molecular weight excluding hydrogens is 298 g/mol. The van der Waals surface area contributed by atoms with E-state index in [0.29, 0.717) is 18.6 Å². The van der Waals surface area contributed by atoms with Crippen molar-refractivity contribution >= 4 is 40.0 Å². The molecule has 13 heavy (non-hydrogen) atoms. The molecule has 0 saturated carbocycles. The van der Waals surface area contributed by atoms with Crippen LogP contribution in [-0.2, 0) is 17.6 Å². The highest BCUT2D eigenvalue weighted by molar-refractivity contribution is 14.1. The molecule has 0 N–H and O–H groups in total. The van der Waals surface area contributed by atoms with E-state index in [0.717, 1.165) is 20.6 Å². The molecule has 0 bridgehead atoms. The van der Waals surface area contributed by atoms with Gasteiger partial charge < -0.3 is 0 Å². The summed E-state index contributed by atoms with van der Waals surface area (Å²) in [4.78, 5) is 11.2. The Morgan fingerprint density at radius 1 is 1.31 bits per heavy atom. The van der Waals surface area contributed by atoms with E-state index in [9.17, 15) is 4.79 Å². The zero-order valence-corrected chi connectivity index (χ0v) is 9.85. The second kappa shape index (κ2) is 3.58. The minimum absolute atomic E-state index is 0.324. The predicted molar refractivity (Wildman–Crippen MR) is 61.2 cm³/mol. The first-order chi connectivity index (χ1) is 6.18. The Balaban J connectivity index is 2.53. The molecule has 0 spiro atoms. The van der Waals surface area contributed by atoms with Crippen molar-refractivity contribution < 1.29 is 4.79 Å². The number of halogens is 2. The van der Waals surface area contributed by atoms with E-state index in [1.165, 1.54) is 5.56 Å². The number of hydrogen-bond donors (Lipinski definition) is 0.